The molecule has 0 unspecified atom stereocenters. The number of nitrogens with one attached hydrogen (secondary N) is 2. The highest BCUT2D eigenvalue weighted by Crippen LogP contribution is 2.30. The molecule has 0 spiro atoms. The number of H-pyrrole nitrogens is 1. The van der Waals surface area contributed by atoms with Crippen molar-refractivity contribution in [3.8, 4) is 18.1 Å². The summed E-state index contributed by atoms with van der Waals surface area (Å²) in [6.07, 6.45) is 8.45. The summed E-state index contributed by atoms with van der Waals surface area (Å²) in [5.41, 5.74) is 4.26. The molecule has 10 nitrogen and oxygen atoms in total. The Labute approximate surface area is 261 Å². The number of hydrogen-bond acceptors (Lipinski definition) is 5. The van der Waals surface area contributed by atoms with Crippen molar-refractivity contribution in [2.45, 2.75) is 31.7 Å². The fourth-order valence-electron chi connectivity index (χ4n) is 6.16. The summed E-state index contributed by atoms with van der Waals surface area (Å²) in [7, 11) is 0. The Morgan fingerprint density at radius 1 is 1.07 bits per heavy atom. The second-order valence-electron chi connectivity index (χ2n) is 11.2. The smallest absolute Gasteiger partial charge is 0.334 e. The summed E-state index contributed by atoms with van der Waals surface area (Å²) in [5, 5.41) is 17.1. The van der Waals surface area contributed by atoms with Gasteiger partial charge in [0, 0.05) is 37.8 Å². The van der Waals surface area contributed by atoms with Gasteiger partial charge in [0.15, 0.2) is 0 Å². The van der Waals surface area contributed by atoms with E-state index in [4.69, 9.17) is 6.42 Å². The number of terminal acetylenes is 1. The molecule has 1 aromatic heterocycles. The van der Waals surface area contributed by atoms with E-state index in [0.717, 1.165) is 33.2 Å². The number of carbonyl (C=O) groups excluding carboxylic acids is 3. The number of piperazine rings is 1. The quantitative estimate of drug-likeness (QED) is 0.211. The van der Waals surface area contributed by atoms with Crippen LogP contribution in [0.2, 0.25) is 0 Å². The third-order valence-corrected chi connectivity index (χ3v) is 8.34. The average molecular weight is 603 g/mol. The third-order valence-electron chi connectivity index (χ3n) is 8.34. The number of hydrogen-bond donors (Lipinski definition) is 3. The van der Waals surface area contributed by atoms with E-state index >= 15 is 0 Å². The molecule has 2 aliphatic heterocycles. The van der Waals surface area contributed by atoms with Crippen LogP contribution in [0.25, 0.3) is 10.9 Å². The Morgan fingerprint density at radius 3 is 2.56 bits per heavy atom. The van der Waals surface area contributed by atoms with E-state index in [9.17, 15) is 19.5 Å². The third kappa shape index (κ3) is 5.98. The maximum Gasteiger partial charge on any atom is 0.334 e. The Kier molecular flexibility index (Phi) is 8.27. The lowest BCUT2D eigenvalue weighted by Gasteiger charge is -2.55. The SMILES string of the molecule is C#Cc1ccc(CNC(=O)N2[C@H]3CN(Cc4cccc5cc[nH]c45)C(=O)[C@H](Cc4ccc(O)cc4)N3C(=O)CN2CC=C)cc1. The van der Waals surface area contributed by atoms with Crippen LogP contribution < -0.4 is 5.32 Å². The molecule has 10 heteroatoms. The van der Waals surface area contributed by atoms with E-state index in [2.05, 4.69) is 22.8 Å². The Balaban J connectivity index is 1.34. The zero-order valence-electron chi connectivity index (χ0n) is 24.7. The molecule has 4 amide bonds. The zero-order chi connectivity index (χ0) is 31.5. The number of aromatic nitrogens is 1. The van der Waals surface area contributed by atoms with Gasteiger partial charge >= 0.3 is 6.03 Å². The zero-order valence-corrected chi connectivity index (χ0v) is 24.7. The molecular formula is C35H34N6O4. The number of aromatic hydroxyl groups is 1. The minimum Gasteiger partial charge on any atom is -0.508 e. The van der Waals surface area contributed by atoms with E-state index in [1.807, 2.05) is 54.7 Å². The van der Waals surface area contributed by atoms with Crippen LogP contribution in [-0.2, 0) is 29.1 Å². The van der Waals surface area contributed by atoms with E-state index in [0.29, 0.717) is 6.54 Å². The van der Waals surface area contributed by atoms with Crippen molar-refractivity contribution in [3.05, 3.63) is 114 Å². The summed E-state index contributed by atoms with van der Waals surface area (Å²) in [5.74, 6) is 2.24. The molecule has 3 heterocycles. The molecule has 2 fully saturated rings. The van der Waals surface area contributed by atoms with Crippen molar-refractivity contribution in [1.82, 2.24) is 30.1 Å². The summed E-state index contributed by atoms with van der Waals surface area (Å²) >= 11 is 0. The van der Waals surface area contributed by atoms with Gasteiger partial charge < -0.3 is 25.2 Å². The molecule has 0 bridgehead atoms. The molecule has 2 aliphatic rings. The maximum absolute atomic E-state index is 14.2. The van der Waals surface area contributed by atoms with Gasteiger partial charge in [0.05, 0.1) is 18.6 Å². The lowest BCUT2D eigenvalue weighted by Crippen LogP contribution is -2.76. The highest BCUT2D eigenvalue weighted by atomic mass is 16.3. The highest BCUT2D eigenvalue weighted by molar-refractivity contribution is 5.92. The fraction of sp³-hybridized carbons (Fsp3) is 0.229. The van der Waals surface area contributed by atoms with Crippen molar-refractivity contribution in [2.24, 2.45) is 0 Å². The van der Waals surface area contributed by atoms with Crippen LogP contribution in [0.1, 0.15) is 22.3 Å². The minimum atomic E-state index is -0.860. The summed E-state index contributed by atoms with van der Waals surface area (Å²) < 4.78 is 0. The monoisotopic (exact) mass is 602 g/mol. The van der Waals surface area contributed by atoms with Crippen LogP contribution in [0, 0.1) is 12.3 Å². The first-order chi connectivity index (χ1) is 21.9. The topological polar surface area (TPSA) is 112 Å². The number of hydrazine groups is 1. The van der Waals surface area contributed by atoms with E-state index < -0.39 is 18.2 Å². The number of para-hydroxylation sites is 1. The van der Waals surface area contributed by atoms with Gasteiger partial charge in [0.2, 0.25) is 11.8 Å². The number of urea groups is 1. The number of nitrogens with zero attached hydrogens (tertiary/aromatic N) is 4. The molecule has 228 valence electrons. The van der Waals surface area contributed by atoms with Crippen LogP contribution in [0.3, 0.4) is 0 Å². The van der Waals surface area contributed by atoms with Gasteiger partial charge in [-0.3, -0.25) is 9.59 Å². The molecule has 0 aliphatic carbocycles. The molecule has 2 saturated heterocycles. The molecule has 0 radical (unpaired) electrons. The van der Waals surface area contributed by atoms with Crippen LogP contribution in [0.15, 0.2) is 91.6 Å². The number of rotatable bonds is 8. The molecule has 45 heavy (non-hydrogen) atoms. The van der Waals surface area contributed by atoms with E-state index in [-0.39, 0.29) is 50.2 Å². The standard InChI is InChI=1S/C35H34N6O4/c1-3-18-39-23-32(43)40-30(19-25-12-14-29(42)15-13-25)34(44)38(21-28-7-5-6-27-16-17-36-33(27)28)22-31(40)41(39)35(45)37-20-26-10-8-24(4-2)9-11-26/h2-3,5-17,30-31,36,42H,1,18-23H2,(H,37,45)/t30-,31-/m0/s1. The first-order valence-corrected chi connectivity index (χ1v) is 14.8. The number of carbonyl (C=O) groups is 3. The van der Waals surface area contributed by atoms with Gasteiger partial charge in [-0.15, -0.1) is 13.0 Å². The van der Waals surface area contributed by atoms with Gasteiger partial charge in [-0.25, -0.2) is 14.8 Å². The van der Waals surface area contributed by atoms with E-state index in [1.165, 1.54) is 0 Å². The molecule has 2 atom stereocenters. The molecule has 6 rings (SSSR count). The summed E-state index contributed by atoms with van der Waals surface area (Å²) in [6.45, 7) is 4.67. The van der Waals surface area contributed by atoms with Crippen LogP contribution in [0.5, 0.6) is 5.75 Å². The van der Waals surface area contributed by atoms with Crippen LogP contribution in [-0.4, -0.2) is 79.6 Å². The first kappa shape index (κ1) is 29.5. The number of benzene rings is 3. The van der Waals surface area contributed by atoms with Gasteiger partial charge in [-0.05, 0) is 52.4 Å². The molecule has 3 aromatic carbocycles. The molecular weight excluding hydrogens is 568 g/mol. The van der Waals surface area contributed by atoms with Crippen LogP contribution >= 0.6 is 0 Å². The molecule has 3 N–H and O–H groups in total. The van der Waals surface area contributed by atoms with Crippen molar-refractivity contribution in [2.75, 3.05) is 19.6 Å². The van der Waals surface area contributed by atoms with Gasteiger partial charge in [0.1, 0.15) is 18.0 Å². The number of fused-ring (bicyclic) bond motifs is 2. The largest absolute Gasteiger partial charge is 0.508 e. The highest BCUT2D eigenvalue weighted by Gasteiger charge is 2.51. The number of aromatic amines is 1. The van der Waals surface area contributed by atoms with E-state index in [1.54, 1.807) is 50.2 Å². The summed E-state index contributed by atoms with van der Waals surface area (Å²) in [4.78, 5) is 48.5. The number of amides is 4. The van der Waals surface area contributed by atoms with Gasteiger partial charge in [-0.2, -0.15) is 0 Å². The lowest BCUT2D eigenvalue weighted by molar-refractivity contribution is -0.189. The van der Waals surface area contributed by atoms with Crippen molar-refractivity contribution >= 4 is 28.7 Å². The van der Waals surface area contributed by atoms with Gasteiger partial charge in [0.25, 0.3) is 0 Å². The second-order valence-corrected chi connectivity index (χ2v) is 11.2. The Bertz CT molecular complexity index is 1770. The predicted octanol–water partition coefficient (Wildman–Crippen LogP) is 3.59. The maximum atomic E-state index is 14.2. The average Bonchev–Trinajstić information content (AvgIpc) is 3.53. The fourth-order valence-corrected chi connectivity index (χ4v) is 6.16. The van der Waals surface area contributed by atoms with Gasteiger partial charge in [-0.1, -0.05) is 54.5 Å². The molecule has 0 saturated carbocycles. The lowest BCUT2D eigenvalue weighted by atomic mass is 9.98. The summed E-state index contributed by atoms with van der Waals surface area (Å²) in [6, 6.07) is 20.6. The van der Waals surface area contributed by atoms with Crippen molar-refractivity contribution < 1.29 is 19.5 Å². The van der Waals surface area contributed by atoms with Crippen molar-refractivity contribution in [3.63, 3.8) is 0 Å². The Morgan fingerprint density at radius 2 is 1.82 bits per heavy atom. The second kappa shape index (κ2) is 12.6. The minimum absolute atomic E-state index is 0.0893. The normalized spacial score (nSPS) is 18.5. The predicted molar refractivity (Wildman–Crippen MR) is 170 cm³/mol. The Hall–Kier alpha value is -5.53. The van der Waals surface area contributed by atoms with Crippen molar-refractivity contribution in [1.29, 1.82) is 0 Å². The first-order valence-electron chi connectivity index (χ1n) is 14.8. The molecule has 4 aromatic rings. The van der Waals surface area contributed by atoms with Crippen LogP contribution in [0.4, 0.5) is 4.79 Å². The number of phenolic OH excluding ortho intramolecular Hbond substituents is 1. The number of phenols is 1.